The van der Waals surface area contributed by atoms with Crippen molar-refractivity contribution in [2.45, 2.75) is 11.2 Å². The van der Waals surface area contributed by atoms with Crippen LogP contribution in [0.1, 0.15) is 17.2 Å². The van der Waals surface area contributed by atoms with Crippen molar-refractivity contribution in [1.29, 1.82) is 0 Å². The van der Waals surface area contributed by atoms with Crippen LogP contribution in [0.5, 0.6) is 0 Å². The molecule has 1 unspecified atom stereocenters. The maximum Gasteiger partial charge on any atom is 0.227 e. The summed E-state index contributed by atoms with van der Waals surface area (Å²) in [6.07, 6.45) is 4.20. The minimum Gasteiger partial charge on any atom is -0.324 e. The van der Waals surface area contributed by atoms with Crippen LogP contribution in [0, 0.1) is 0 Å². The van der Waals surface area contributed by atoms with E-state index in [0.29, 0.717) is 0 Å². The number of nitrogens with zero attached hydrogens (tertiary/aromatic N) is 3. The number of allylic oxidation sites excluding steroid dienone is 1. The van der Waals surface area contributed by atoms with Gasteiger partial charge in [-0.2, -0.15) is 4.98 Å². The predicted molar refractivity (Wildman–Crippen MR) is 94.4 cm³/mol. The van der Waals surface area contributed by atoms with Crippen molar-refractivity contribution in [1.82, 2.24) is 14.8 Å². The van der Waals surface area contributed by atoms with E-state index >= 15 is 0 Å². The number of rotatable bonds is 3. The van der Waals surface area contributed by atoms with Crippen molar-refractivity contribution in [3.63, 3.8) is 0 Å². The summed E-state index contributed by atoms with van der Waals surface area (Å²) in [5, 5.41) is 8.80. The van der Waals surface area contributed by atoms with Crippen molar-refractivity contribution >= 4 is 23.4 Å². The number of hydrogen-bond donors (Lipinski definition) is 1. The third kappa shape index (κ3) is 2.64. The van der Waals surface area contributed by atoms with Gasteiger partial charge in [-0.05, 0) is 23.5 Å². The lowest BCUT2D eigenvalue weighted by molar-refractivity contribution is 0.598. The second-order valence-corrected chi connectivity index (χ2v) is 6.07. The SMILES string of the molecule is CSc1nc2n(n1)C(c1ccccc1)C=C(c1ccccc1)N2. The zero-order valence-electron chi connectivity index (χ0n) is 12.7. The summed E-state index contributed by atoms with van der Waals surface area (Å²) in [5.74, 6) is 0.782. The lowest BCUT2D eigenvalue weighted by Crippen LogP contribution is -2.20. The smallest absolute Gasteiger partial charge is 0.227 e. The van der Waals surface area contributed by atoms with Crippen LogP contribution >= 0.6 is 11.8 Å². The maximum absolute atomic E-state index is 4.62. The summed E-state index contributed by atoms with van der Waals surface area (Å²) in [6.45, 7) is 0. The molecule has 0 aliphatic carbocycles. The van der Waals surface area contributed by atoms with Gasteiger partial charge >= 0.3 is 0 Å². The number of benzene rings is 2. The summed E-state index contributed by atoms with van der Waals surface area (Å²) in [5.41, 5.74) is 3.40. The van der Waals surface area contributed by atoms with Crippen LogP contribution in [-0.4, -0.2) is 21.0 Å². The normalized spacial score (nSPS) is 16.4. The lowest BCUT2D eigenvalue weighted by atomic mass is 10.0. The zero-order valence-corrected chi connectivity index (χ0v) is 13.5. The highest BCUT2D eigenvalue weighted by molar-refractivity contribution is 7.98. The molecule has 0 bridgehead atoms. The largest absolute Gasteiger partial charge is 0.324 e. The second-order valence-electron chi connectivity index (χ2n) is 5.29. The summed E-state index contributed by atoms with van der Waals surface area (Å²) in [4.78, 5) is 4.58. The highest BCUT2D eigenvalue weighted by atomic mass is 32.2. The molecule has 1 aromatic heterocycles. The molecule has 114 valence electrons. The van der Waals surface area contributed by atoms with Gasteiger partial charge in [0.05, 0.1) is 0 Å². The van der Waals surface area contributed by atoms with E-state index in [1.807, 2.05) is 35.2 Å². The number of hydrogen-bond acceptors (Lipinski definition) is 4. The molecule has 0 spiro atoms. The molecule has 0 radical (unpaired) electrons. The fraction of sp³-hybridized carbons (Fsp3) is 0.111. The van der Waals surface area contributed by atoms with Gasteiger partial charge in [-0.25, -0.2) is 4.68 Å². The Bertz CT molecular complexity index is 840. The molecule has 0 fully saturated rings. The Hall–Kier alpha value is -2.53. The Labute approximate surface area is 139 Å². The Kier molecular flexibility index (Phi) is 3.63. The number of anilines is 1. The molecule has 1 atom stereocenters. The predicted octanol–water partition coefficient (Wildman–Crippen LogP) is 4.06. The zero-order chi connectivity index (χ0) is 15.6. The average Bonchev–Trinajstić information content (AvgIpc) is 3.05. The third-order valence-corrected chi connectivity index (χ3v) is 4.39. The molecular weight excluding hydrogens is 304 g/mol. The molecule has 4 nitrogen and oxygen atoms in total. The second kappa shape index (κ2) is 5.93. The van der Waals surface area contributed by atoms with Gasteiger partial charge in [-0.15, -0.1) is 5.10 Å². The Balaban J connectivity index is 1.83. The van der Waals surface area contributed by atoms with Gasteiger partial charge in [-0.3, -0.25) is 0 Å². The molecule has 2 aromatic carbocycles. The molecule has 23 heavy (non-hydrogen) atoms. The van der Waals surface area contributed by atoms with E-state index in [1.165, 1.54) is 5.56 Å². The van der Waals surface area contributed by atoms with Crippen LogP contribution in [-0.2, 0) is 0 Å². The summed E-state index contributed by atoms with van der Waals surface area (Å²) < 4.78 is 1.95. The van der Waals surface area contributed by atoms with Crippen LogP contribution in [0.2, 0.25) is 0 Å². The van der Waals surface area contributed by atoms with Crippen LogP contribution in [0.15, 0.2) is 71.9 Å². The molecule has 2 heterocycles. The van der Waals surface area contributed by atoms with Crippen molar-refractivity contribution in [2.75, 3.05) is 11.6 Å². The highest BCUT2D eigenvalue weighted by Gasteiger charge is 2.24. The van der Waals surface area contributed by atoms with E-state index in [4.69, 9.17) is 0 Å². The third-order valence-electron chi connectivity index (χ3n) is 3.85. The van der Waals surface area contributed by atoms with Gasteiger partial charge in [0.25, 0.3) is 0 Å². The van der Waals surface area contributed by atoms with Crippen LogP contribution < -0.4 is 5.32 Å². The van der Waals surface area contributed by atoms with Crippen LogP contribution in [0.3, 0.4) is 0 Å². The fourth-order valence-electron chi connectivity index (χ4n) is 2.73. The molecule has 1 aliphatic rings. The molecule has 1 N–H and O–H groups in total. The van der Waals surface area contributed by atoms with Crippen molar-refractivity contribution < 1.29 is 0 Å². The monoisotopic (exact) mass is 320 g/mol. The molecule has 1 aliphatic heterocycles. The van der Waals surface area contributed by atoms with Gasteiger partial charge in [0.15, 0.2) is 0 Å². The van der Waals surface area contributed by atoms with E-state index in [2.05, 4.69) is 57.9 Å². The van der Waals surface area contributed by atoms with Crippen molar-refractivity contribution in [3.8, 4) is 0 Å². The van der Waals surface area contributed by atoms with Gasteiger partial charge < -0.3 is 5.32 Å². The first-order valence-electron chi connectivity index (χ1n) is 7.45. The van der Waals surface area contributed by atoms with Gasteiger partial charge in [0.1, 0.15) is 6.04 Å². The van der Waals surface area contributed by atoms with Gasteiger partial charge in [0.2, 0.25) is 11.1 Å². The minimum atomic E-state index is 0.0380. The summed E-state index contributed by atoms with van der Waals surface area (Å²) in [6, 6.07) is 20.7. The lowest BCUT2D eigenvalue weighted by Gasteiger charge is -2.24. The Morgan fingerprint density at radius 3 is 2.39 bits per heavy atom. The van der Waals surface area contributed by atoms with Crippen molar-refractivity contribution in [2.24, 2.45) is 0 Å². The van der Waals surface area contributed by atoms with Gasteiger partial charge in [-0.1, -0.05) is 72.4 Å². The Morgan fingerprint density at radius 2 is 1.70 bits per heavy atom. The fourth-order valence-corrected chi connectivity index (χ4v) is 3.08. The Morgan fingerprint density at radius 1 is 1.00 bits per heavy atom. The first-order valence-corrected chi connectivity index (χ1v) is 8.67. The molecule has 3 aromatic rings. The van der Waals surface area contributed by atoms with E-state index < -0.39 is 0 Å². The maximum atomic E-state index is 4.62. The van der Waals surface area contributed by atoms with Crippen LogP contribution in [0.25, 0.3) is 5.70 Å². The molecule has 0 amide bonds. The van der Waals surface area contributed by atoms with E-state index in [0.717, 1.165) is 22.4 Å². The minimum absolute atomic E-state index is 0.0380. The summed E-state index contributed by atoms with van der Waals surface area (Å²) >= 11 is 1.55. The van der Waals surface area contributed by atoms with E-state index in [-0.39, 0.29) is 6.04 Å². The molecular formula is C18H16N4S. The number of thioether (sulfide) groups is 1. The standard InChI is InChI=1S/C18H16N4S/c1-23-18-20-17-19-15(13-8-4-2-5-9-13)12-16(22(17)21-18)14-10-6-3-7-11-14/h2-12,16H,1H3,(H,19,20,21). The van der Waals surface area contributed by atoms with E-state index in [9.17, 15) is 0 Å². The summed E-state index contributed by atoms with van der Waals surface area (Å²) in [7, 11) is 0. The first-order chi connectivity index (χ1) is 11.3. The van der Waals surface area contributed by atoms with Gasteiger partial charge in [0, 0.05) is 5.70 Å². The average molecular weight is 320 g/mol. The van der Waals surface area contributed by atoms with Crippen molar-refractivity contribution in [3.05, 3.63) is 77.9 Å². The number of aromatic nitrogens is 3. The molecule has 5 heteroatoms. The highest BCUT2D eigenvalue weighted by Crippen LogP contribution is 2.33. The molecule has 4 rings (SSSR count). The van der Waals surface area contributed by atoms with E-state index in [1.54, 1.807) is 11.8 Å². The first kappa shape index (κ1) is 14.1. The number of nitrogens with one attached hydrogen (secondary N) is 1. The molecule has 0 saturated heterocycles. The molecule has 0 saturated carbocycles. The van der Waals surface area contributed by atoms with Crippen LogP contribution in [0.4, 0.5) is 5.95 Å². The topological polar surface area (TPSA) is 42.7 Å². The number of fused-ring (bicyclic) bond motifs is 1. The quantitative estimate of drug-likeness (QED) is 0.739.